The molecule has 0 unspecified atom stereocenters. The van der Waals surface area contributed by atoms with Crippen LogP contribution in [-0.4, -0.2) is 24.2 Å². The summed E-state index contributed by atoms with van der Waals surface area (Å²) in [6.45, 7) is 6.48. The van der Waals surface area contributed by atoms with Gasteiger partial charge >= 0.3 is 5.97 Å². The summed E-state index contributed by atoms with van der Waals surface area (Å²) < 4.78 is 0. The molecule has 0 aromatic heterocycles. The van der Waals surface area contributed by atoms with Crippen LogP contribution in [0.4, 0.5) is 5.69 Å². The fraction of sp³-hybridized carbons (Fsp3) is 0.300. The molecule has 0 spiro atoms. The smallest absolute Gasteiger partial charge is 0.346 e. The minimum atomic E-state index is -1.22. The third-order valence-electron chi connectivity index (χ3n) is 3.37. The third-order valence-corrected chi connectivity index (χ3v) is 3.37. The molecule has 0 aliphatic rings. The number of nitriles is 1. The first-order valence-electron chi connectivity index (χ1n) is 8.15. The second-order valence-corrected chi connectivity index (χ2v) is 5.32. The van der Waals surface area contributed by atoms with Crippen LogP contribution in [0.3, 0.4) is 0 Å². The number of carbonyl (C=O) groups is 1. The lowest BCUT2D eigenvalue weighted by molar-refractivity contribution is -0.132. The molecule has 0 heterocycles. The Morgan fingerprint density at radius 2 is 1.75 bits per heavy atom. The molecule has 1 rings (SSSR count). The number of carboxylic acids is 1. The lowest BCUT2D eigenvalue weighted by Gasteiger charge is -2.23. The van der Waals surface area contributed by atoms with Crippen LogP contribution in [-0.2, 0) is 4.79 Å². The molecular formula is C20H24N2O2. The number of hydrogen-bond donors (Lipinski definition) is 1. The van der Waals surface area contributed by atoms with Gasteiger partial charge < -0.3 is 10.0 Å². The summed E-state index contributed by atoms with van der Waals surface area (Å²) in [6, 6.07) is 9.99. The monoisotopic (exact) mass is 324 g/mol. The zero-order chi connectivity index (χ0) is 17.8. The van der Waals surface area contributed by atoms with Crippen molar-refractivity contribution in [2.24, 2.45) is 0 Å². The number of rotatable bonds is 9. The number of aliphatic carboxylic acids is 1. The van der Waals surface area contributed by atoms with Gasteiger partial charge in [-0.3, -0.25) is 0 Å². The van der Waals surface area contributed by atoms with Crippen molar-refractivity contribution < 1.29 is 9.90 Å². The molecular weight excluding hydrogens is 300 g/mol. The molecule has 0 amide bonds. The summed E-state index contributed by atoms with van der Waals surface area (Å²) in [5, 5.41) is 17.3. The van der Waals surface area contributed by atoms with Crippen molar-refractivity contribution in [2.45, 2.75) is 26.7 Å². The van der Waals surface area contributed by atoms with E-state index in [-0.39, 0.29) is 5.57 Å². The summed E-state index contributed by atoms with van der Waals surface area (Å²) in [7, 11) is 0. The van der Waals surface area contributed by atoms with Crippen molar-refractivity contribution in [3.63, 3.8) is 0 Å². The summed E-state index contributed by atoms with van der Waals surface area (Å²) in [5.41, 5.74) is 2.02. The molecule has 4 nitrogen and oxygen atoms in total. The predicted octanol–water partition coefficient (Wildman–Crippen LogP) is 4.42. The van der Waals surface area contributed by atoms with E-state index in [0.717, 1.165) is 31.5 Å². The van der Waals surface area contributed by atoms with Gasteiger partial charge in [0.2, 0.25) is 0 Å². The van der Waals surface area contributed by atoms with E-state index < -0.39 is 5.97 Å². The largest absolute Gasteiger partial charge is 0.477 e. The van der Waals surface area contributed by atoms with E-state index in [1.54, 1.807) is 18.2 Å². The maximum absolute atomic E-state index is 10.6. The molecule has 1 aromatic carbocycles. The van der Waals surface area contributed by atoms with Crippen molar-refractivity contribution >= 4 is 17.7 Å². The molecule has 1 aromatic rings. The average molecular weight is 324 g/mol. The van der Waals surface area contributed by atoms with E-state index in [0.29, 0.717) is 0 Å². The van der Waals surface area contributed by atoms with E-state index >= 15 is 0 Å². The second-order valence-electron chi connectivity index (χ2n) is 5.32. The molecule has 1 N–H and O–H groups in total. The van der Waals surface area contributed by atoms with Gasteiger partial charge in [0.1, 0.15) is 11.6 Å². The molecule has 0 bridgehead atoms. The maximum Gasteiger partial charge on any atom is 0.346 e. The molecule has 0 radical (unpaired) electrons. The van der Waals surface area contributed by atoms with Crippen LogP contribution in [0, 0.1) is 11.3 Å². The number of hydrogen-bond acceptors (Lipinski definition) is 3. The highest BCUT2D eigenvalue weighted by Crippen LogP contribution is 2.17. The van der Waals surface area contributed by atoms with Gasteiger partial charge in [0.15, 0.2) is 0 Å². The summed E-state index contributed by atoms with van der Waals surface area (Å²) in [5.74, 6) is -1.22. The minimum Gasteiger partial charge on any atom is -0.477 e. The van der Waals surface area contributed by atoms with Crippen molar-refractivity contribution in [2.75, 3.05) is 18.0 Å². The molecule has 126 valence electrons. The zero-order valence-electron chi connectivity index (χ0n) is 14.3. The maximum atomic E-state index is 10.6. The Morgan fingerprint density at radius 1 is 1.12 bits per heavy atom. The fourth-order valence-corrected chi connectivity index (χ4v) is 2.25. The van der Waals surface area contributed by atoms with E-state index in [9.17, 15) is 4.79 Å². The normalized spacial score (nSPS) is 11.8. The molecule has 0 atom stereocenters. The van der Waals surface area contributed by atoms with Gasteiger partial charge in [-0.2, -0.15) is 5.26 Å². The number of carboxylic acid groups (broad SMARTS) is 1. The minimum absolute atomic E-state index is 0.282. The summed E-state index contributed by atoms with van der Waals surface area (Å²) >= 11 is 0. The van der Waals surface area contributed by atoms with Gasteiger partial charge in [0, 0.05) is 18.8 Å². The van der Waals surface area contributed by atoms with E-state index in [2.05, 4.69) is 43.0 Å². The van der Waals surface area contributed by atoms with Crippen LogP contribution in [0.25, 0.3) is 6.08 Å². The van der Waals surface area contributed by atoms with Crippen LogP contribution in [0.5, 0.6) is 0 Å². The van der Waals surface area contributed by atoms with Crippen molar-refractivity contribution in [1.29, 1.82) is 5.26 Å². The van der Waals surface area contributed by atoms with Gasteiger partial charge in [0.25, 0.3) is 0 Å². The van der Waals surface area contributed by atoms with Gasteiger partial charge in [-0.15, -0.1) is 0 Å². The van der Waals surface area contributed by atoms with Crippen LogP contribution >= 0.6 is 0 Å². The van der Waals surface area contributed by atoms with Crippen LogP contribution in [0.1, 0.15) is 32.3 Å². The fourth-order valence-electron chi connectivity index (χ4n) is 2.25. The van der Waals surface area contributed by atoms with Crippen molar-refractivity contribution in [3.05, 3.63) is 59.7 Å². The van der Waals surface area contributed by atoms with Crippen LogP contribution in [0.15, 0.2) is 54.1 Å². The van der Waals surface area contributed by atoms with E-state index in [4.69, 9.17) is 10.4 Å². The Hall–Kier alpha value is -2.80. The third kappa shape index (κ3) is 6.53. The standard InChI is InChI=1S/C20H24N2O2/c1-3-14-22(15-4-2)19-12-10-17(11-13-19)8-6-5-7-9-18(16-21)20(23)24/h5-13H,3-4,14-15H2,1-2H3,(H,23,24). The second kappa shape index (κ2) is 10.8. The molecule has 4 heteroatoms. The average Bonchev–Trinajstić information content (AvgIpc) is 2.58. The van der Waals surface area contributed by atoms with E-state index in [1.165, 1.54) is 11.8 Å². The summed E-state index contributed by atoms with van der Waals surface area (Å²) in [4.78, 5) is 13.0. The number of anilines is 1. The topological polar surface area (TPSA) is 64.3 Å². The Bertz CT molecular complexity index is 643. The highest BCUT2D eigenvalue weighted by Gasteiger charge is 2.03. The number of allylic oxidation sites excluding steroid dienone is 4. The highest BCUT2D eigenvalue weighted by molar-refractivity contribution is 5.91. The lowest BCUT2D eigenvalue weighted by Crippen LogP contribution is -2.24. The SMILES string of the molecule is CCCN(CCC)c1ccc(C=CC=CC=C(C#N)C(=O)O)cc1. The van der Waals surface area contributed by atoms with E-state index in [1.807, 2.05) is 12.2 Å². The Kier molecular flexibility index (Phi) is 8.70. The molecule has 0 saturated carbocycles. The first kappa shape index (κ1) is 19.2. The molecule has 0 fully saturated rings. The lowest BCUT2D eigenvalue weighted by atomic mass is 10.1. The van der Waals surface area contributed by atoms with Crippen molar-refractivity contribution in [1.82, 2.24) is 0 Å². The predicted molar refractivity (Wildman–Crippen MR) is 98.7 cm³/mol. The Labute approximate surface area is 144 Å². The zero-order valence-corrected chi connectivity index (χ0v) is 14.3. The molecule has 0 aliphatic heterocycles. The van der Waals surface area contributed by atoms with Crippen LogP contribution < -0.4 is 4.90 Å². The highest BCUT2D eigenvalue weighted by atomic mass is 16.4. The first-order chi connectivity index (χ1) is 11.6. The Morgan fingerprint density at radius 3 is 2.25 bits per heavy atom. The molecule has 24 heavy (non-hydrogen) atoms. The number of nitrogens with zero attached hydrogens (tertiary/aromatic N) is 2. The van der Waals surface area contributed by atoms with Gasteiger partial charge in [-0.1, -0.05) is 50.3 Å². The van der Waals surface area contributed by atoms with Gasteiger partial charge in [0.05, 0.1) is 0 Å². The Balaban J connectivity index is 2.70. The van der Waals surface area contributed by atoms with Crippen molar-refractivity contribution in [3.8, 4) is 6.07 Å². The van der Waals surface area contributed by atoms with Crippen LogP contribution in [0.2, 0.25) is 0 Å². The van der Waals surface area contributed by atoms with Gasteiger partial charge in [-0.25, -0.2) is 4.79 Å². The molecule has 0 aliphatic carbocycles. The number of benzene rings is 1. The van der Waals surface area contributed by atoms with Gasteiger partial charge in [-0.05, 0) is 36.6 Å². The quantitative estimate of drug-likeness (QED) is 0.415. The molecule has 0 saturated heterocycles. The summed E-state index contributed by atoms with van der Waals surface area (Å²) in [6.07, 6.45) is 10.5. The first-order valence-corrected chi connectivity index (χ1v) is 8.15.